The molecule has 2 fully saturated rings. The third kappa shape index (κ3) is 3.45. The van der Waals surface area contributed by atoms with Crippen LogP contribution in [-0.4, -0.2) is 41.3 Å². The highest BCUT2D eigenvalue weighted by molar-refractivity contribution is 5.88. The number of halogens is 1. The second kappa shape index (κ2) is 8.19. The molecule has 0 spiro atoms. The lowest BCUT2D eigenvalue weighted by atomic mass is 9.72. The van der Waals surface area contributed by atoms with E-state index in [0.29, 0.717) is 41.1 Å². The third-order valence-electron chi connectivity index (χ3n) is 8.22. The highest BCUT2D eigenvalue weighted by Crippen LogP contribution is 2.49. The van der Waals surface area contributed by atoms with Crippen LogP contribution in [0.25, 0.3) is 16.7 Å². The number of hydrogen-bond donors (Lipinski definition) is 3. The van der Waals surface area contributed by atoms with Gasteiger partial charge in [0.1, 0.15) is 34.6 Å². The molecule has 4 N–H and O–H groups in total. The lowest BCUT2D eigenvalue weighted by molar-refractivity contribution is 0.194. The molecule has 2 aliphatic heterocycles. The number of aromatic hydroxyl groups is 1. The first-order valence-corrected chi connectivity index (χ1v) is 12.8. The molecule has 2 aliphatic carbocycles. The number of nitrogens with two attached hydrogens (primary N) is 1. The molecule has 7 rings (SSSR count). The van der Waals surface area contributed by atoms with E-state index in [-0.39, 0.29) is 23.6 Å². The Morgan fingerprint density at radius 1 is 1.21 bits per heavy atom. The molecule has 8 nitrogen and oxygen atoms in total. The largest absolute Gasteiger partial charge is 0.508 e. The molecule has 38 heavy (non-hydrogen) atoms. The molecule has 4 aliphatic rings. The van der Waals surface area contributed by atoms with Crippen molar-refractivity contribution in [2.24, 2.45) is 17.6 Å². The maximum absolute atomic E-state index is 14.6. The number of nitrogens with one attached hydrogen (secondary N) is 1. The minimum absolute atomic E-state index is 0.00529. The molecule has 2 aromatic carbocycles. The van der Waals surface area contributed by atoms with Gasteiger partial charge in [-0.15, -0.1) is 0 Å². The fourth-order valence-corrected chi connectivity index (χ4v) is 6.43. The van der Waals surface area contributed by atoms with Gasteiger partial charge in [0.2, 0.25) is 0 Å². The first kappa shape index (κ1) is 23.0. The summed E-state index contributed by atoms with van der Waals surface area (Å²) in [5.74, 6) is 2.67. The number of rotatable bonds is 4. The average molecular weight is 514 g/mol. The van der Waals surface area contributed by atoms with Crippen molar-refractivity contribution in [3.8, 4) is 34.4 Å². The van der Waals surface area contributed by atoms with Crippen LogP contribution in [0.2, 0.25) is 0 Å². The number of allylic oxidation sites excluding steroid dienone is 2. The lowest BCUT2D eigenvalue weighted by Gasteiger charge is -2.36. The first-order valence-electron chi connectivity index (χ1n) is 12.8. The van der Waals surface area contributed by atoms with E-state index in [2.05, 4.69) is 16.8 Å². The van der Waals surface area contributed by atoms with Crippen LogP contribution in [0, 0.1) is 17.7 Å². The molecule has 0 bridgehead atoms. The third-order valence-corrected chi connectivity index (χ3v) is 8.22. The molecular weight excluding hydrogens is 485 g/mol. The first-order chi connectivity index (χ1) is 18.3. The fraction of sp³-hybridized carbons (Fsp3) is 0.310. The number of phenolic OH excluding ortho intramolecular Hbond substituents is 1. The van der Waals surface area contributed by atoms with Gasteiger partial charge in [0.05, 0.1) is 11.3 Å². The SMILES string of the molecule is C=C1C=C(C)c2c(cc(O)cc2Oc2nc3c(c(N4CC5C[C@@H](N)C5C4)n2)-c2cc(F)cc(NC)c2C3)O1. The van der Waals surface area contributed by atoms with Crippen LogP contribution in [0.4, 0.5) is 15.9 Å². The highest BCUT2D eigenvalue weighted by Gasteiger charge is 2.46. The predicted molar refractivity (Wildman–Crippen MR) is 143 cm³/mol. The zero-order valence-electron chi connectivity index (χ0n) is 21.2. The van der Waals surface area contributed by atoms with E-state index in [0.717, 1.165) is 59.0 Å². The molecule has 3 heterocycles. The van der Waals surface area contributed by atoms with Crippen LogP contribution in [0.15, 0.2) is 42.7 Å². The van der Waals surface area contributed by atoms with E-state index in [4.69, 9.17) is 25.2 Å². The van der Waals surface area contributed by atoms with E-state index >= 15 is 0 Å². The zero-order valence-corrected chi connectivity index (χ0v) is 21.2. The number of hydrogen-bond acceptors (Lipinski definition) is 8. The maximum atomic E-state index is 14.6. The average Bonchev–Trinajstić information content (AvgIpc) is 3.39. The fourth-order valence-electron chi connectivity index (χ4n) is 6.43. The van der Waals surface area contributed by atoms with Crippen molar-refractivity contribution in [3.63, 3.8) is 0 Å². The van der Waals surface area contributed by atoms with Gasteiger partial charge in [-0.3, -0.25) is 0 Å². The quantitative estimate of drug-likeness (QED) is 0.357. The van der Waals surface area contributed by atoms with Gasteiger partial charge in [0.25, 0.3) is 0 Å². The summed E-state index contributed by atoms with van der Waals surface area (Å²) in [7, 11) is 1.79. The Morgan fingerprint density at radius 2 is 2.05 bits per heavy atom. The standard InChI is InChI=1S/C29H28FN5O3/c1-13-4-14(2)37-24-8-17(36)9-25(26(13)24)38-29-33-23-10-18-19(6-16(30)7-22(18)32-3)27(23)28(34-29)35-11-15-5-21(31)20(15)12-35/h4,6-9,15,20-21,32,36H,2,5,10-12,31H2,1,3H3/t15?,20?,21-/m1/s1. The van der Waals surface area contributed by atoms with E-state index < -0.39 is 0 Å². The van der Waals surface area contributed by atoms with Crippen LogP contribution in [-0.2, 0) is 6.42 Å². The van der Waals surface area contributed by atoms with Crippen LogP contribution in [0.5, 0.6) is 23.3 Å². The normalized spacial score (nSPS) is 22.5. The number of benzene rings is 2. The van der Waals surface area contributed by atoms with Crippen molar-refractivity contribution in [2.75, 3.05) is 30.4 Å². The number of nitrogens with zero attached hydrogens (tertiary/aromatic N) is 3. The van der Waals surface area contributed by atoms with Crippen molar-refractivity contribution >= 4 is 17.1 Å². The topological polar surface area (TPSA) is 106 Å². The van der Waals surface area contributed by atoms with Gasteiger partial charge >= 0.3 is 6.01 Å². The lowest BCUT2D eigenvalue weighted by Crippen LogP contribution is -2.46. The molecule has 1 aromatic heterocycles. The van der Waals surface area contributed by atoms with Gasteiger partial charge < -0.3 is 30.5 Å². The Kier molecular flexibility index (Phi) is 4.97. The molecule has 1 saturated heterocycles. The van der Waals surface area contributed by atoms with Crippen LogP contribution < -0.4 is 25.4 Å². The Morgan fingerprint density at radius 3 is 2.82 bits per heavy atom. The van der Waals surface area contributed by atoms with Crippen molar-refractivity contribution in [3.05, 3.63) is 65.3 Å². The summed E-state index contributed by atoms with van der Waals surface area (Å²) in [6.45, 7) is 7.43. The van der Waals surface area contributed by atoms with Crippen molar-refractivity contribution in [1.29, 1.82) is 0 Å². The van der Waals surface area contributed by atoms with Gasteiger partial charge in [0, 0.05) is 56.0 Å². The number of phenols is 1. The van der Waals surface area contributed by atoms with Crippen LogP contribution in [0.1, 0.15) is 30.2 Å². The molecule has 0 amide bonds. The summed E-state index contributed by atoms with van der Waals surface area (Å²) < 4.78 is 26.7. The maximum Gasteiger partial charge on any atom is 0.324 e. The summed E-state index contributed by atoms with van der Waals surface area (Å²) in [5, 5.41) is 13.5. The summed E-state index contributed by atoms with van der Waals surface area (Å²) in [5.41, 5.74) is 12.0. The minimum atomic E-state index is -0.314. The molecule has 9 heteroatoms. The predicted octanol–water partition coefficient (Wildman–Crippen LogP) is 4.82. The Labute approximate surface area is 219 Å². The van der Waals surface area contributed by atoms with Crippen molar-refractivity contribution in [2.45, 2.75) is 25.8 Å². The van der Waals surface area contributed by atoms with Gasteiger partial charge in [-0.2, -0.15) is 9.97 Å². The summed E-state index contributed by atoms with van der Waals surface area (Å²) in [4.78, 5) is 11.9. The van der Waals surface area contributed by atoms with Crippen LogP contribution in [0.3, 0.4) is 0 Å². The molecule has 194 valence electrons. The molecule has 2 unspecified atom stereocenters. The minimum Gasteiger partial charge on any atom is -0.508 e. The Hall–Kier alpha value is -4.11. The molecule has 3 atom stereocenters. The molecular formula is C29H28FN5O3. The van der Waals surface area contributed by atoms with E-state index in [1.54, 1.807) is 13.1 Å². The molecule has 0 radical (unpaired) electrons. The second-order valence-electron chi connectivity index (χ2n) is 10.6. The van der Waals surface area contributed by atoms with Gasteiger partial charge in [-0.25, -0.2) is 4.39 Å². The summed E-state index contributed by atoms with van der Waals surface area (Å²) in [6.07, 6.45) is 3.33. The van der Waals surface area contributed by atoms with Crippen LogP contribution >= 0.6 is 0 Å². The Balaban J connectivity index is 1.36. The molecule has 3 aromatic rings. The molecule has 1 saturated carbocycles. The smallest absolute Gasteiger partial charge is 0.324 e. The van der Waals surface area contributed by atoms with Gasteiger partial charge in [-0.1, -0.05) is 6.58 Å². The van der Waals surface area contributed by atoms with Crippen molar-refractivity contribution in [1.82, 2.24) is 9.97 Å². The van der Waals surface area contributed by atoms with Gasteiger partial charge in [-0.05, 0) is 60.1 Å². The number of ether oxygens (including phenoxy) is 2. The van der Waals surface area contributed by atoms with E-state index in [9.17, 15) is 9.50 Å². The number of aromatic nitrogens is 2. The van der Waals surface area contributed by atoms with Gasteiger partial charge in [0.15, 0.2) is 0 Å². The number of anilines is 2. The van der Waals surface area contributed by atoms with E-state index in [1.165, 1.54) is 18.2 Å². The summed E-state index contributed by atoms with van der Waals surface area (Å²) in [6, 6.07) is 6.49. The second-order valence-corrected chi connectivity index (χ2v) is 10.6. The number of fused-ring (bicyclic) bond motifs is 5. The van der Waals surface area contributed by atoms with Crippen molar-refractivity contribution < 1.29 is 19.0 Å². The zero-order chi connectivity index (χ0) is 26.3. The monoisotopic (exact) mass is 513 g/mol. The summed E-state index contributed by atoms with van der Waals surface area (Å²) >= 11 is 0. The highest BCUT2D eigenvalue weighted by atomic mass is 19.1. The van der Waals surface area contributed by atoms with E-state index in [1.807, 2.05) is 13.0 Å². The Bertz CT molecular complexity index is 1570.